The van der Waals surface area contributed by atoms with Crippen LogP contribution in [0.2, 0.25) is 0 Å². The Morgan fingerprint density at radius 3 is 2.61 bits per heavy atom. The largest absolute Gasteiger partial charge is 0.389 e. The second kappa shape index (κ2) is 13.3. The molecule has 38 heavy (non-hydrogen) atoms. The Balaban J connectivity index is 1.34. The summed E-state index contributed by atoms with van der Waals surface area (Å²) in [5.41, 5.74) is 3.44. The zero-order chi connectivity index (χ0) is 26.2. The minimum atomic E-state index is -0.680. The van der Waals surface area contributed by atoms with Gasteiger partial charge in [-0.1, -0.05) is 35.5 Å². The molecule has 8 nitrogen and oxygen atoms in total. The van der Waals surface area contributed by atoms with Crippen molar-refractivity contribution in [3.8, 4) is 11.3 Å². The van der Waals surface area contributed by atoms with Gasteiger partial charge < -0.3 is 28.7 Å². The third kappa shape index (κ3) is 7.18. The van der Waals surface area contributed by atoms with Crippen molar-refractivity contribution in [3.63, 3.8) is 0 Å². The van der Waals surface area contributed by atoms with Crippen LogP contribution in [0.4, 0.5) is 10.3 Å². The van der Waals surface area contributed by atoms with Gasteiger partial charge in [-0.25, -0.2) is 4.39 Å². The van der Waals surface area contributed by atoms with Crippen molar-refractivity contribution in [1.82, 2.24) is 10.1 Å². The molecule has 1 aromatic heterocycles. The highest BCUT2D eigenvalue weighted by molar-refractivity contribution is 5.68. The molecule has 0 bridgehead atoms. The summed E-state index contributed by atoms with van der Waals surface area (Å²) in [7, 11) is 0. The molecule has 204 valence electrons. The van der Waals surface area contributed by atoms with E-state index in [1.165, 1.54) is 12.1 Å². The number of rotatable bonds is 12. The molecule has 5 rings (SSSR count). The van der Waals surface area contributed by atoms with Crippen molar-refractivity contribution in [2.75, 3.05) is 57.5 Å². The fraction of sp³-hybridized carbons (Fsp3) is 0.483. The quantitative estimate of drug-likeness (QED) is 0.382. The third-order valence-corrected chi connectivity index (χ3v) is 6.94. The molecule has 0 aliphatic carbocycles. The summed E-state index contributed by atoms with van der Waals surface area (Å²) in [6, 6.07) is 16.2. The number of hydrogen-bond donors (Lipinski definition) is 1. The van der Waals surface area contributed by atoms with Crippen molar-refractivity contribution in [2.24, 2.45) is 0 Å². The van der Waals surface area contributed by atoms with E-state index in [2.05, 4.69) is 15.0 Å². The number of ether oxygens (including phenoxy) is 3. The summed E-state index contributed by atoms with van der Waals surface area (Å²) in [6.07, 6.45) is 1.45. The maximum atomic E-state index is 13.7. The molecule has 3 aromatic rings. The summed E-state index contributed by atoms with van der Waals surface area (Å²) in [4.78, 5) is 4.33. The van der Waals surface area contributed by atoms with E-state index in [4.69, 9.17) is 18.7 Å². The molecule has 0 saturated carbocycles. The number of hydrogen-bond acceptors (Lipinski definition) is 8. The summed E-state index contributed by atoms with van der Waals surface area (Å²) in [6.45, 7) is 5.64. The van der Waals surface area contributed by atoms with Gasteiger partial charge in [0.05, 0.1) is 44.2 Å². The van der Waals surface area contributed by atoms with Crippen LogP contribution in [0.1, 0.15) is 24.0 Å². The first-order valence-electron chi connectivity index (χ1n) is 13.4. The SMILES string of the molecule is OC(COCc1ccccc1)CN(Cc1c(-c2ccc(F)cc2)noc1N1CCOCC1)CC1CCCO1. The number of halogens is 1. The van der Waals surface area contributed by atoms with E-state index < -0.39 is 6.10 Å². The van der Waals surface area contributed by atoms with Gasteiger partial charge in [-0.2, -0.15) is 0 Å². The van der Waals surface area contributed by atoms with Crippen molar-refractivity contribution in [3.05, 3.63) is 71.5 Å². The molecule has 2 atom stereocenters. The average Bonchev–Trinajstić information content (AvgIpc) is 3.60. The second-order valence-corrected chi connectivity index (χ2v) is 9.90. The third-order valence-electron chi connectivity index (χ3n) is 6.94. The molecule has 2 fully saturated rings. The van der Waals surface area contributed by atoms with Gasteiger partial charge in [0.1, 0.15) is 11.5 Å². The highest BCUT2D eigenvalue weighted by atomic mass is 19.1. The lowest BCUT2D eigenvalue weighted by atomic mass is 10.1. The number of morpholine rings is 1. The lowest BCUT2D eigenvalue weighted by Gasteiger charge is -2.30. The molecule has 2 aliphatic heterocycles. The van der Waals surface area contributed by atoms with Crippen molar-refractivity contribution < 1.29 is 28.2 Å². The van der Waals surface area contributed by atoms with Gasteiger partial charge in [0.25, 0.3) is 0 Å². The van der Waals surface area contributed by atoms with E-state index >= 15 is 0 Å². The van der Waals surface area contributed by atoms with E-state index in [0.29, 0.717) is 64.1 Å². The summed E-state index contributed by atoms with van der Waals surface area (Å²) >= 11 is 0. The Morgan fingerprint density at radius 1 is 1.08 bits per heavy atom. The molecule has 3 heterocycles. The minimum Gasteiger partial charge on any atom is -0.389 e. The van der Waals surface area contributed by atoms with Crippen LogP contribution in [0.15, 0.2) is 59.1 Å². The molecule has 0 amide bonds. The monoisotopic (exact) mass is 525 g/mol. The predicted octanol–water partition coefficient (Wildman–Crippen LogP) is 3.88. The molecule has 0 radical (unpaired) electrons. The predicted molar refractivity (Wildman–Crippen MR) is 141 cm³/mol. The van der Waals surface area contributed by atoms with Crippen LogP contribution in [0, 0.1) is 5.82 Å². The molecule has 2 aromatic carbocycles. The average molecular weight is 526 g/mol. The maximum Gasteiger partial charge on any atom is 0.232 e. The first-order valence-corrected chi connectivity index (χ1v) is 13.4. The van der Waals surface area contributed by atoms with E-state index in [1.807, 2.05) is 30.3 Å². The van der Waals surface area contributed by atoms with E-state index in [0.717, 1.165) is 36.1 Å². The number of anilines is 1. The van der Waals surface area contributed by atoms with Crippen molar-refractivity contribution >= 4 is 5.88 Å². The van der Waals surface area contributed by atoms with Gasteiger partial charge in [-0.15, -0.1) is 0 Å². The van der Waals surface area contributed by atoms with Gasteiger partial charge in [0, 0.05) is 44.9 Å². The Morgan fingerprint density at radius 2 is 1.87 bits per heavy atom. The van der Waals surface area contributed by atoms with Gasteiger partial charge >= 0.3 is 0 Å². The van der Waals surface area contributed by atoms with Crippen LogP contribution >= 0.6 is 0 Å². The molecular weight excluding hydrogens is 489 g/mol. The van der Waals surface area contributed by atoms with Crippen LogP contribution in [-0.2, 0) is 27.4 Å². The second-order valence-electron chi connectivity index (χ2n) is 9.90. The fourth-order valence-electron chi connectivity index (χ4n) is 5.03. The van der Waals surface area contributed by atoms with Crippen molar-refractivity contribution in [1.29, 1.82) is 0 Å². The molecule has 2 saturated heterocycles. The molecule has 1 N–H and O–H groups in total. The lowest BCUT2D eigenvalue weighted by molar-refractivity contribution is -0.00286. The summed E-state index contributed by atoms with van der Waals surface area (Å²) < 4.78 is 36.8. The fourth-order valence-corrected chi connectivity index (χ4v) is 5.03. The van der Waals surface area contributed by atoms with Gasteiger partial charge in [0.2, 0.25) is 5.88 Å². The first-order chi connectivity index (χ1) is 18.7. The normalized spacial score (nSPS) is 18.8. The number of nitrogens with zero attached hydrogens (tertiary/aromatic N) is 3. The molecule has 2 unspecified atom stereocenters. The van der Waals surface area contributed by atoms with Crippen LogP contribution < -0.4 is 4.90 Å². The zero-order valence-corrected chi connectivity index (χ0v) is 21.6. The summed E-state index contributed by atoms with van der Waals surface area (Å²) in [5, 5.41) is 15.3. The molecule has 2 aliphatic rings. The maximum absolute atomic E-state index is 13.7. The Kier molecular flexibility index (Phi) is 9.37. The first kappa shape index (κ1) is 26.8. The molecular formula is C29H36FN3O5. The highest BCUT2D eigenvalue weighted by Crippen LogP contribution is 2.33. The topological polar surface area (TPSA) is 80.4 Å². The standard InChI is InChI=1S/C29H36FN3O5/c30-24-10-8-23(9-11-24)28-27(29(38-31-28)33-12-15-35-16-13-33)19-32(18-26-7-4-14-37-26)17-25(34)21-36-20-22-5-2-1-3-6-22/h1-3,5-6,8-11,25-26,34H,4,7,12-21H2. The molecule has 9 heteroatoms. The summed E-state index contributed by atoms with van der Waals surface area (Å²) in [5.74, 6) is 0.394. The highest BCUT2D eigenvalue weighted by Gasteiger charge is 2.28. The molecule has 0 spiro atoms. The van der Waals surface area contributed by atoms with Crippen LogP contribution in [0.5, 0.6) is 0 Å². The zero-order valence-electron chi connectivity index (χ0n) is 21.6. The van der Waals surface area contributed by atoms with Gasteiger partial charge in [-0.3, -0.25) is 4.90 Å². The van der Waals surface area contributed by atoms with E-state index in [9.17, 15) is 9.50 Å². The van der Waals surface area contributed by atoms with E-state index in [1.54, 1.807) is 12.1 Å². The van der Waals surface area contributed by atoms with Crippen LogP contribution in [-0.4, -0.2) is 80.0 Å². The smallest absolute Gasteiger partial charge is 0.232 e. The lowest BCUT2D eigenvalue weighted by Crippen LogP contribution is -2.40. The Bertz CT molecular complexity index is 1120. The Hall–Kier alpha value is -2.82. The van der Waals surface area contributed by atoms with Gasteiger partial charge in [-0.05, 0) is 42.7 Å². The van der Waals surface area contributed by atoms with Crippen LogP contribution in [0.25, 0.3) is 11.3 Å². The van der Waals surface area contributed by atoms with Gasteiger partial charge in [0.15, 0.2) is 0 Å². The minimum absolute atomic E-state index is 0.105. The van der Waals surface area contributed by atoms with Crippen molar-refractivity contribution in [2.45, 2.75) is 38.2 Å². The number of benzene rings is 2. The Labute approximate surface area is 222 Å². The number of aromatic nitrogens is 1. The van der Waals surface area contributed by atoms with E-state index in [-0.39, 0.29) is 18.5 Å². The number of aliphatic hydroxyl groups excluding tert-OH is 1. The van der Waals surface area contributed by atoms with Crippen LogP contribution in [0.3, 0.4) is 0 Å². The number of aliphatic hydroxyl groups is 1.